The van der Waals surface area contributed by atoms with Gasteiger partial charge in [0, 0.05) is 23.0 Å². The number of pyridine rings is 1. The normalized spacial score (nSPS) is 10.3. The summed E-state index contributed by atoms with van der Waals surface area (Å²) in [6, 6.07) is 0. The van der Waals surface area contributed by atoms with Crippen molar-refractivity contribution >= 4 is 22.7 Å². The predicted molar refractivity (Wildman–Crippen MR) is 72.6 cm³/mol. The summed E-state index contributed by atoms with van der Waals surface area (Å²) in [7, 11) is 1.26. The largest absolute Gasteiger partial charge is 0.465 e. The van der Waals surface area contributed by atoms with Crippen molar-refractivity contribution in [1.82, 2.24) is 14.8 Å². The first kappa shape index (κ1) is 13.8. The van der Waals surface area contributed by atoms with E-state index in [0.29, 0.717) is 11.0 Å². The molecule has 0 saturated heterocycles. The van der Waals surface area contributed by atoms with E-state index in [1.165, 1.54) is 13.3 Å². The number of carbonyl (C=O) groups excluding carboxylic acids is 1. The van der Waals surface area contributed by atoms with Gasteiger partial charge in [-0.15, -0.1) is 0 Å². The van der Waals surface area contributed by atoms with E-state index in [1.54, 1.807) is 10.9 Å². The third kappa shape index (κ3) is 2.41. The van der Waals surface area contributed by atoms with Crippen LogP contribution < -0.4 is 0 Å². The number of hydrogen-bond acceptors (Lipinski definition) is 5. The summed E-state index contributed by atoms with van der Waals surface area (Å²) in [5.41, 5.74) is 9.59. The summed E-state index contributed by atoms with van der Waals surface area (Å²) in [6.45, 7) is 2.81. The lowest BCUT2D eigenvalue weighted by Crippen LogP contribution is -2.04. The van der Waals surface area contributed by atoms with Crippen molar-refractivity contribution in [1.29, 1.82) is 0 Å². The molecule has 8 nitrogen and oxygen atoms in total. The molecular formula is C12H14N6O2. The van der Waals surface area contributed by atoms with E-state index >= 15 is 0 Å². The van der Waals surface area contributed by atoms with Crippen LogP contribution in [0.3, 0.4) is 0 Å². The number of rotatable bonds is 5. The van der Waals surface area contributed by atoms with Gasteiger partial charge in [0.05, 0.1) is 24.6 Å². The Bertz CT molecular complexity index is 687. The Hall–Kier alpha value is -2.60. The highest BCUT2D eigenvalue weighted by atomic mass is 16.5. The van der Waals surface area contributed by atoms with Crippen LogP contribution in [-0.2, 0) is 11.3 Å². The standard InChI is InChI=1S/C12H14N6O2/c1-3-4-5-18-11-8(7-15-18)10(16-17-13)9(6-14-11)12(19)20-2/h6-7H,3-5H2,1-2H3. The van der Waals surface area contributed by atoms with Crippen LogP contribution in [0.15, 0.2) is 17.5 Å². The number of methoxy groups -OCH3 is 1. The highest BCUT2D eigenvalue weighted by Crippen LogP contribution is 2.29. The van der Waals surface area contributed by atoms with Gasteiger partial charge in [-0.25, -0.2) is 14.5 Å². The number of carbonyl (C=O) groups is 1. The van der Waals surface area contributed by atoms with Gasteiger partial charge in [-0.1, -0.05) is 18.5 Å². The lowest BCUT2D eigenvalue weighted by Gasteiger charge is -2.05. The maximum atomic E-state index is 11.7. The minimum atomic E-state index is -0.594. The number of aryl methyl sites for hydroxylation is 1. The van der Waals surface area contributed by atoms with Gasteiger partial charge in [-0.05, 0) is 12.0 Å². The number of unbranched alkanes of at least 4 members (excludes halogenated alkanes) is 1. The molecule has 20 heavy (non-hydrogen) atoms. The molecule has 0 aromatic carbocycles. The summed E-state index contributed by atoms with van der Waals surface area (Å²) >= 11 is 0. The maximum absolute atomic E-state index is 11.7. The number of hydrogen-bond donors (Lipinski definition) is 0. The highest BCUT2D eigenvalue weighted by Gasteiger charge is 2.17. The lowest BCUT2D eigenvalue weighted by atomic mass is 10.2. The van der Waals surface area contributed by atoms with Crippen LogP contribution in [-0.4, -0.2) is 27.8 Å². The molecule has 0 radical (unpaired) electrons. The summed E-state index contributed by atoms with van der Waals surface area (Å²) < 4.78 is 6.39. The van der Waals surface area contributed by atoms with Gasteiger partial charge < -0.3 is 4.74 Å². The summed E-state index contributed by atoms with van der Waals surface area (Å²) in [5.74, 6) is -0.594. The molecule has 0 N–H and O–H groups in total. The predicted octanol–water partition coefficient (Wildman–Crippen LogP) is 2.96. The average Bonchev–Trinajstić information content (AvgIpc) is 2.88. The second-order valence-electron chi connectivity index (χ2n) is 4.16. The van der Waals surface area contributed by atoms with Crippen molar-refractivity contribution in [2.75, 3.05) is 7.11 Å². The third-order valence-electron chi connectivity index (χ3n) is 2.91. The second kappa shape index (κ2) is 6.03. The molecule has 8 heteroatoms. The van der Waals surface area contributed by atoms with Gasteiger partial charge >= 0.3 is 5.97 Å². The topological polar surface area (TPSA) is 106 Å². The molecule has 2 aromatic heterocycles. The average molecular weight is 274 g/mol. The first-order valence-electron chi connectivity index (χ1n) is 6.20. The minimum Gasteiger partial charge on any atom is -0.465 e. The molecule has 0 aliphatic heterocycles. The first-order valence-corrected chi connectivity index (χ1v) is 6.20. The van der Waals surface area contributed by atoms with E-state index in [4.69, 9.17) is 5.53 Å². The summed E-state index contributed by atoms with van der Waals surface area (Å²) in [5, 5.41) is 8.35. The number of azide groups is 1. The third-order valence-corrected chi connectivity index (χ3v) is 2.91. The molecule has 2 rings (SSSR count). The molecule has 0 amide bonds. The van der Waals surface area contributed by atoms with Gasteiger partial charge in [0.2, 0.25) is 0 Å². The van der Waals surface area contributed by atoms with E-state index < -0.39 is 5.97 Å². The van der Waals surface area contributed by atoms with Crippen molar-refractivity contribution in [2.45, 2.75) is 26.3 Å². The van der Waals surface area contributed by atoms with Crippen LogP contribution in [0.1, 0.15) is 30.1 Å². The van der Waals surface area contributed by atoms with Gasteiger partial charge in [-0.3, -0.25) is 0 Å². The smallest absolute Gasteiger partial charge is 0.339 e. The fraction of sp³-hybridized carbons (Fsp3) is 0.417. The molecule has 0 spiro atoms. The minimum absolute atomic E-state index is 0.132. The number of aromatic nitrogens is 3. The van der Waals surface area contributed by atoms with Crippen LogP contribution in [0.25, 0.3) is 21.5 Å². The number of esters is 1. The van der Waals surface area contributed by atoms with Crippen LogP contribution in [0, 0.1) is 0 Å². The van der Waals surface area contributed by atoms with Crippen LogP contribution in [0.5, 0.6) is 0 Å². The van der Waals surface area contributed by atoms with Gasteiger partial charge in [0.15, 0.2) is 5.65 Å². The molecule has 2 aromatic rings. The van der Waals surface area contributed by atoms with Crippen molar-refractivity contribution in [2.24, 2.45) is 5.11 Å². The molecule has 2 heterocycles. The SMILES string of the molecule is CCCCn1ncc2c(N=[N+]=[N-])c(C(=O)OC)cnc21. The van der Waals surface area contributed by atoms with Crippen molar-refractivity contribution in [3.63, 3.8) is 0 Å². The maximum Gasteiger partial charge on any atom is 0.339 e. The Kier molecular flexibility index (Phi) is 4.17. The fourth-order valence-corrected chi connectivity index (χ4v) is 1.90. The van der Waals surface area contributed by atoms with E-state index in [1.807, 2.05) is 0 Å². The Labute approximate surface area is 115 Å². The molecule has 104 valence electrons. The van der Waals surface area contributed by atoms with Crippen molar-refractivity contribution in [3.05, 3.63) is 28.4 Å². The molecule has 0 unspecified atom stereocenters. The van der Waals surface area contributed by atoms with Crippen LogP contribution >= 0.6 is 0 Å². The monoisotopic (exact) mass is 274 g/mol. The highest BCUT2D eigenvalue weighted by molar-refractivity contribution is 6.02. The van der Waals surface area contributed by atoms with Gasteiger partial charge in [0.25, 0.3) is 0 Å². The first-order chi connectivity index (χ1) is 9.72. The van der Waals surface area contributed by atoms with E-state index in [-0.39, 0.29) is 11.3 Å². The van der Waals surface area contributed by atoms with Gasteiger partial charge in [-0.2, -0.15) is 5.10 Å². The molecular weight excluding hydrogens is 260 g/mol. The summed E-state index contributed by atoms with van der Waals surface area (Å²) in [4.78, 5) is 18.6. The second-order valence-corrected chi connectivity index (χ2v) is 4.16. The Morgan fingerprint density at radius 3 is 3.00 bits per heavy atom. The summed E-state index contributed by atoms with van der Waals surface area (Å²) in [6.07, 6.45) is 4.90. The Morgan fingerprint density at radius 2 is 2.35 bits per heavy atom. The molecule has 0 fully saturated rings. The van der Waals surface area contributed by atoms with E-state index in [9.17, 15) is 4.79 Å². The number of nitrogens with zero attached hydrogens (tertiary/aromatic N) is 6. The van der Waals surface area contributed by atoms with Crippen molar-refractivity contribution < 1.29 is 9.53 Å². The van der Waals surface area contributed by atoms with E-state index in [2.05, 4.69) is 31.8 Å². The zero-order valence-corrected chi connectivity index (χ0v) is 11.3. The molecule has 0 aliphatic rings. The van der Waals surface area contributed by atoms with Crippen LogP contribution in [0.2, 0.25) is 0 Å². The molecule has 0 atom stereocenters. The fourth-order valence-electron chi connectivity index (χ4n) is 1.90. The van der Waals surface area contributed by atoms with Gasteiger partial charge in [0.1, 0.15) is 0 Å². The van der Waals surface area contributed by atoms with E-state index in [0.717, 1.165) is 19.4 Å². The Balaban J connectivity index is 2.61. The Morgan fingerprint density at radius 1 is 1.55 bits per heavy atom. The van der Waals surface area contributed by atoms with Crippen LogP contribution in [0.4, 0.5) is 5.69 Å². The number of ether oxygens (including phenoxy) is 1. The molecule has 0 bridgehead atoms. The zero-order valence-electron chi connectivity index (χ0n) is 11.3. The quantitative estimate of drug-likeness (QED) is 0.361. The van der Waals surface area contributed by atoms with Crippen molar-refractivity contribution in [3.8, 4) is 0 Å². The number of fused-ring (bicyclic) bond motifs is 1. The lowest BCUT2D eigenvalue weighted by molar-refractivity contribution is 0.0601. The molecule has 0 aliphatic carbocycles. The zero-order chi connectivity index (χ0) is 14.5. The molecule has 0 saturated carbocycles.